The second kappa shape index (κ2) is 9.42. The van der Waals surface area contributed by atoms with Crippen molar-refractivity contribution in [3.05, 3.63) is 47.4 Å². The van der Waals surface area contributed by atoms with E-state index in [1.807, 2.05) is 39.0 Å². The lowest BCUT2D eigenvalue weighted by atomic mass is 9.99. The Morgan fingerprint density at radius 1 is 1.31 bits per heavy atom. The third kappa shape index (κ3) is 5.02. The van der Waals surface area contributed by atoms with Crippen molar-refractivity contribution in [1.29, 1.82) is 0 Å². The van der Waals surface area contributed by atoms with Gasteiger partial charge in [-0.15, -0.1) is 0 Å². The monoisotopic (exact) mass is 439 g/mol. The minimum absolute atomic E-state index is 0.0378. The van der Waals surface area contributed by atoms with Crippen molar-refractivity contribution in [3.63, 3.8) is 0 Å². The molecule has 1 saturated heterocycles. The smallest absolute Gasteiger partial charge is 0.255 e. The number of para-hydroxylation sites is 1. The molecule has 0 saturated carbocycles. The van der Waals surface area contributed by atoms with Gasteiger partial charge >= 0.3 is 0 Å². The lowest BCUT2D eigenvalue weighted by Gasteiger charge is -2.38. The molecule has 32 heavy (non-hydrogen) atoms. The van der Waals surface area contributed by atoms with Gasteiger partial charge in [0.05, 0.1) is 23.4 Å². The number of amides is 1. The van der Waals surface area contributed by atoms with Crippen LogP contribution in [-0.4, -0.2) is 71.8 Å². The topological polar surface area (TPSA) is 88.6 Å². The highest BCUT2D eigenvalue weighted by molar-refractivity contribution is 5.97. The number of hydrogen-bond acceptors (Lipinski definition) is 7. The first-order valence-electron chi connectivity index (χ1n) is 11.2. The van der Waals surface area contributed by atoms with Crippen molar-refractivity contribution in [2.24, 2.45) is 0 Å². The summed E-state index contributed by atoms with van der Waals surface area (Å²) in [4.78, 5) is 24.0. The molecule has 0 spiro atoms. The minimum atomic E-state index is -0.281. The van der Waals surface area contributed by atoms with Gasteiger partial charge in [0.1, 0.15) is 17.2 Å². The summed E-state index contributed by atoms with van der Waals surface area (Å²) in [6.07, 6.45) is 4.96. The minimum Gasteiger partial charge on any atom is -0.486 e. The number of fused-ring (bicyclic) bond motifs is 1. The Labute approximate surface area is 189 Å². The van der Waals surface area contributed by atoms with Crippen LogP contribution >= 0.6 is 0 Å². The molecular weight excluding hydrogens is 406 g/mol. The van der Waals surface area contributed by atoms with Crippen LogP contribution in [0.25, 0.3) is 0 Å². The van der Waals surface area contributed by atoms with Gasteiger partial charge in [0.25, 0.3) is 5.91 Å². The van der Waals surface area contributed by atoms with E-state index in [1.54, 1.807) is 19.5 Å². The Bertz CT molecular complexity index is 964. The highest BCUT2D eigenvalue weighted by atomic mass is 16.5. The van der Waals surface area contributed by atoms with Crippen LogP contribution in [0.3, 0.4) is 0 Å². The summed E-state index contributed by atoms with van der Waals surface area (Å²) in [7, 11) is 1.71. The van der Waals surface area contributed by atoms with Gasteiger partial charge in [-0.25, -0.2) is 4.98 Å². The van der Waals surface area contributed by atoms with Crippen LogP contribution in [0.4, 0.5) is 5.82 Å². The van der Waals surface area contributed by atoms with Gasteiger partial charge in [-0.1, -0.05) is 12.1 Å². The number of carbonyl (C=O) groups is 1. The summed E-state index contributed by atoms with van der Waals surface area (Å²) in [6, 6.07) is 5.77. The van der Waals surface area contributed by atoms with Crippen LogP contribution in [0.5, 0.6) is 5.75 Å². The second-order valence-electron chi connectivity index (χ2n) is 9.19. The van der Waals surface area contributed by atoms with Crippen molar-refractivity contribution >= 4 is 11.7 Å². The number of aromatic nitrogens is 2. The predicted molar refractivity (Wildman–Crippen MR) is 123 cm³/mol. The number of anilines is 1. The zero-order chi connectivity index (χ0) is 22.7. The fraction of sp³-hybridized carbons (Fsp3) is 0.542. The molecule has 0 aliphatic carbocycles. The first-order valence-corrected chi connectivity index (χ1v) is 11.2. The molecular formula is C24H33N5O3. The molecule has 2 unspecified atom stereocenters. The maximum atomic E-state index is 13.1. The van der Waals surface area contributed by atoms with E-state index in [-0.39, 0.29) is 23.7 Å². The highest BCUT2D eigenvalue weighted by Crippen LogP contribution is 2.37. The predicted octanol–water partition coefficient (Wildman–Crippen LogP) is 2.43. The van der Waals surface area contributed by atoms with E-state index in [0.717, 1.165) is 56.1 Å². The molecule has 2 aliphatic rings. The molecule has 2 N–H and O–H groups in total. The van der Waals surface area contributed by atoms with E-state index in [0.29, 0.717) is 11.3 Å². The Hall–Kier alpha value is -2.71. The number of ether oxygens (including phenoxy) is 2. The summed E-state index contributed by atoms with van der Waals surface area (Å²) in [5, 5.41) is 6.55. The van der Waals surface area contributed by atoms with Gasteiger partial charge in [0.15, 0.2) is 0 Å². The Balaban J connectivity index is 1.32. The molecule has 2 atom stereocenters. The molecule has 4 rings (SSSR count). The van der Waals surface area contributed by atoms with Gasteiger partial charge < -0.3 is 20.1 Å². The normalized spacial score (nSPS) is 22.1. The zero-order valence-corrected chi connectivity index (χ0v) is 19.4. The average molecular weight is 440 g/mol. The summed E-state index contributed by atoms with van der Waals surface area (Å²) < 4.78 is 11.8. The summed E-state index contributed by atoms with van der Waals surface area (Å²) >= 11 is 0. The standard InChI is InChI=1S/C24H33N5O3/c1-16-22(26-10-9-25-16)27-11-13-29-12-8-19(20(15-29)31-4)28-23(30)18-7-5-6-17-14-24(2,3)32-21(17)18/h5-7,9-10,19-20H,8,11-15H2,1-4H3,(H,26,27)(H,28,30). The number of likely N-dealkylation sites (tertiary alicyclic amines) is 1. The number of methoxy groups -OCH3 is 1. The SMILES string of the molecule is COC1CN(CCNc2nccnc2C)CCC1NC(=O)c1cccc2c1OC(C)(C)C2. The molecule has 1 amide bonds. The zero-order valence-electron chi connectivity index (χ0n) is 19.4. The van der Waals surface area contributed by atoms with E-state index in [4.69, 9.17) is 9.47 Å². The van der Waals surface area contributed by atoms with Crippen molar-refractivity contribution in [3.8, 4) is 5.75 Å². The van der Waals surface area contributed by atoms with Crippen LogP contribution < -0.4 is 15.4 Å². The van der Waals surface area contributed by atoms with E-state index in [1.165, 1.54) is 0 Å². The number of hydrogen-bond donors (Lipinski definition) is 2. The average Bonchev–Trinajstić information content (AvgIpc) is 3.09. The Morgan fingerprint density at radius 2 is 2.12 bits per heavy atom. The van der Waals surface area contributed by atoms with Crippen molar-refractivity contribution < 1.29 is 14.3 Å². The molecule has 0 bridgehead atoms. The molecule has 1 aromatic heterocycles. The Kier molecular flexibility index (Phi) is 6.62. The number of nitrogens with one attached hydrogen (secondary N) is 2. The number of benzene rings is 1. The molecule has 1 aromatic carbocycles. The first-order chi connectivity index (χ1) is 15.4. The molecule has 3 heterocycles. The number of nitrogens with zero attached hydrogens (tertiary/aromatic N) is 3. The largest absolute Gasteiger partial charge is 0.486 e. The number of aryl methyl sites for hydroxylation is 1. The molecule has 8 heteroatoms. The lowest BCUT2D eigenvalue weighted by molar-refractivity contribution is 0.00758. The summed E-state index contributed by atoms with van der Waals surface area (Å²) in [6.45, 7) is 9.33. The van der Waals surface area contributed by atoms with Crippen LogP contribution in [0.1, 0.15) is 41.9 Å². The number of rotatable bonds is 7. The van der Waals surface area contributed by atoms with E-state index in [2.05, 4.69) is 25.5 Å². The number of carbonyl (C=O) groups excluding carboxylic acids is 1. The van der Waals surface area contributed by atoms with E-state index >= 15 is 0 Å². The third-order valence-electron chi connectivity index (χ3n) is 6.20. The van der Waals surface area contributed by atoms with Crippen molar-refractivity contribution in [1.82, 2.24) is 20.2 Å². The molecule has 8 nitrogen and oxygen atoms in total. The third-order valence-corrected chi connectivity index (χ3v) is 6.20. The molecule has 2 aromatic rings. The lowest BCUT2D eigenvalue weighted by Crippen LogP contribution is -2.55. The first kappa shape index (κ1) is 22.5. The maximum Gasteiger partial charge on any atom is 0.255 e. The fourth-order valence-electron chi connectivity index (χ4n) is 4.54. The van der Waals surface area contributed by atoms with Gasteiger partial charge in [-0.2, -0.15) is 0 Å². The highest BCUT2D eigenvalue weighted by Gasteiger charge is 2.35. The quantitative estimate of drug-likeness (QED) is 0.685. The molecule has 172 valence electrons. The van der Waals surface area contributed by atoms with Gasteiger partial charge in [-0.3, -0.25) is 14.7 Å². The van der Waals surface area contributed by atoms with Crippen LogP contribution in [0.2, 0.25) is 0 Å². The molecule has 1 fully saturated rings. The second-order valence-corrected chi connectivity index (χ2v) is 9.19. The van der Waals surface area contributed by atoms with Crippen molar-refractivity contribution in [2.75, 3.05) is 38.6 Å². The maximum absolute atomic E-state index is 13.1. The molecule has 2 aliphatic heterocycles. The van der Waals surface area contributed by atoms with E-state index < -0.39 is 0 Å². The van der Waals surface area contributed by atoms with Crippen LogP contribution in [-0.2, 0) is 11.2 Å². The number of piperidine rings is 1. The summed E-state index contributed by atoms with van der Waals surface area (Å²) in [5.74, 6) is 1.44. The molecule has 0 radical (unpaired) electrons. The fourth-order valence-corrected chi connectivity index (χ4v) is 4.54. The summed E-state index contributed by atoms with van der Waals surface area (Å²) in [5.41, 5.74) is 2.31. The van der Waals surface area contributed by atoms with Crippen molar-refractivity contribution in [2.45, 2.75) is 51.4 Å². The van der Waals surface area contributed by atoms with Crippen LogP contribution in [0.15, 0.2) is 30.6 Å². The van der Waals surface area contributed by atoms with Crippen LogP contribution in [0, 0.1) is 6.92 Å². The Morgan fingerprint density at radius 3 is 2.91 bits per heavy atom. The van der Waals surface area contributed by atoms with Gasteiger partial charge in [-0.05, 0) is 38.8 Å². The van der Waals surface area contributed by atoms with Gasteiger partial charge in [0, 0.05) is 52.1 Å². The van der Waals surface area contributed by atoms with E-state index in [9.17, 15) is 4.79 Å². The van der Waals surface area contributed by atoms with Gasteiger partial charge in [0.2, 0.25) is 0 Å².